The van der Waals surface area contributed by atoms with E-state index in [1.807, 2.05) is 0 Å². The maximum Gasteiger partial charge on any atom is 0.0714 e. The van der Waals surface area contributed by atoms with Crippen molar-refractivity contribution in [3.63, 3.8) is 0 Å². The molecule has 0 amide bonds. The van der Waals surface area contributed by atoms with E-state index >= 15 is 0 Å². The summed E-state index contributed by atoms with van der Waals surface area (Å²) < 4.78 is 0. The second-order valence-electron chi connectivity index (χ2n) is 19.6. The number of fused-ring (bicyclic) bond motifs is 6. The molecule has 2 aliphatic rings. The first-order chi connectivity index (χ1) is 34.9. The molecule has 0 saturated carbocycles. The Balaban J connectivity index is 0.941. The van der Waals surface area contributed by atoms with Gasteiger partial charge in [-0.2, -0.15) is 0 Å². The molecule has 0 N–H and O–H groups in total. The number of benzene rings is 11. The third-order valence-corrected chi connectivity index (χ3v) is 15.4. The van der Waals surface area contributed by atoms with Crippen molar-refractivity contribution < 1.29 is 0 Å². The third-order valence-electron chi connectivity index (χ3n) is 15.4. The molecule has 71 heavy (non-hydrogen) atoms. The smallest absolute Gasteiger partial charge is 0.0714 e. The highest BCUT2D eigenvalue weighted by Crippen LogP contribution is 2.58. The van der Waals surface area contributed by atoms with Crippen LogP contribution in [0.15, 0.2) is 273 Å². The summed E-state index contributed by atoms with van der Waals surface area (Å²) in [7, 11) is 0. The van der Waals surface area contributed by atoms with Crippen LogP contribution < -0.4 is 4.90 Å². The molecular formula is C70H51N. The normalized spacial score (nSPS) is 13.4. The minimum absolute atomic E-state index is 0.239. The monoisotopic (exact) mass is 905 g/mol. The third kappa shape index (κ3) is 6.99. The highest BCUT2D eigenvalue weighted by molar-refractivity contribution is 5.92. The Morgan fingerprint density at radius 3 is 1.07 bits per heavy atom. The van der Waals surface area contributed by atoms with E-state index in [1.54, 1.807) is 0 Å². The first kappa shape index (κ1) is 42.3. The van der Waals surface area contributed by atoms with Gasteiger partial charge in [0.1, 0.15) is 0 Å². The van der Waals surface area contributed by atoms with Crippen molar-refractivity contribution in [2.75, 3.05) is 4.90 Å². The standard InChI is InChI=1S/C70H51N/c1-69(2)66-45-55(54-33-31-51(32-34-54)49-19-9-4-10-20-49)37-42-62(66)63-43-40-59(46-67(63)69)71(58-38-35-53(36-39-58)52-29-27-50(28-30-52)48-17-7-3-8-18-48)60-41-44-64-61-25-15-16-26-65(61)70(68(64)47-60,56-21-11-5-12-22-56)57-23-13-6-14-24-57/h3-47H,1-2H3. The Hall–Kier alpha value is -8.78. The molecule has 13 rings (SSSR count). The van der Waals surface area contributed by atoms with Crippen molar-refractivity contribution in [1.29, 1.82) is 0 Å². The van der Waals surface area contributed by atoms with Crippen molar-refractivity contribution in [2.45, 2.75) is 24.7 Å². The zero-order chi connectivity index (χ0) is 47.5. The fourth-order valence-corrected chi connectivity index (χ4v) is 11.8. The largest absolute Gasteiger partial charge is 0.310 e. The Morgan fingerprint density at radius 2 is 0.563 bits per heavy atom. The summed E-state index contributed by atoms with van der Waals surface area (Å²) in [6.45, 7) is 4.79. The lowest BCUT2D eigenvalue weighted by atomic mass is 9.67. The summed E-state index contributed by atoms with van der Waals surface area (Å²) in [6.07, 6.45) is 0. The number of anilines is 3. The molecule has 0 aromatic heterocycles. The van der Waals surface area contributed by atoms with Crippen LogP contribution in [-0.2, 0) is 10.8 Å². The van der Waals surface area contributed by atoms with Crippen LogP contribution in [-0.4, -0.2) is 0 Å². The van der Waals surface area contributed by atoms with E-state index in [-0.39, 0.29) is 5.41 Å². The van der Waals surface area contributed by atoms with Crippen molar-refractivity contribution in [2.24, 2.45) is 0 Å². The van der Waals surface area contributed by atoms with Crippen molar-refractivity contribution >= 4 is 17.1 Å². The van der Waals surface area contributed by atoms with Gasteiger partial charge in [0.15, 0.2) is 0 Å². The predicted molar refractivity (Wildman–Crippen MR) is 298 cm³/mol. The molecule has 0 spiro atoms. The Labute approximate surface area is 417 Å². The van der Waals surface area contributed by atoms with Gasteiger partial charge in [0.05, 0.1) is 5.41 Å². The molecule has 2 aliphatic carbocycles. The molecule has 0 bridgehead atoms. The van der Waals surface area contributed by atoms with Crippen LogP contribution in [0, 0.1) is 0 Å². The molecule has 11 aromatic rings. The topological polar surface area (TPSA) is 3.24 Å². The molecule has 336 valence electrons. The van der Waals surface area contributed by atoms with Gasteiger partial charge in [0, 0.05) is 22.5 Å². The minimum Gasteiger partial charge on any atom is -0.310 e. The van der Waals surface area contributed by atoms with E-state index in [1.165, 1.54) is 100 Å². The summed E-state index contributed by atoms with van der Waals surface area (Å²) in [5.41, 5.74) is 25.3. The Bertz CT molecular complexity index is 3680. The van der Waals surface area contributed by atoms with Crippen LogP contribution in [0.4, 0.5) is 17.1 Å². The van der Waals surface area contributed by atoms with Gasteiger partial charge >= 0.3 is 0 Å². The van der Waals surface area contributed by atoms with E-state index < -0.39 is 5.41 Å². The average Bonchev–Trinajstić information content (AvgIpc) is 3.86. The van der Waals surface area contributed by atoms with Crippen LogP contribution in [0.25, 0.3) is 66.8 Å². The second kappa shape index (κ2) is 17.0. The van der Waals surface area contributed by atoms with Crippen LogP contribution in [0.2, 0.25) is 0 Å². The van der Waals surface area contributed by atoms with E-state index in [2.05, 4.69) is 292 Å². The first-order valence-electron chi connectivity index (χ1n) is 24.8. The molecule has 0 radical (unpaired) electrons. The minimum atomic E-state index is -0.521. The highest BCUT2D eigenvalue weighted by atomic mass is 15.1. The van der Waals surface area contributed by atoms with E-state index in [9.17, 15) is 0 Å². The SMILES string of the molecule is CC1(C)c2cc(-c3ccc(-c4ccccc4)cc3)ccc2-c2ccc(N(c3ccc(-c4ccc(-c5ccccc5)cc4)cc3)c3ccc4c(c3)C(c3ccccc3)(c3ccccc3)c3ccccc3-4)cc21. The van der Waals surface area contributed by atoms with Crippen molar-refractivity contribution in [1.82, 2.24) is 0 Å². The molecule has 1 nitrogen and oxygen atoms in total. The van der Waals surface area contributed by atoms with Crippen LogP contribution in [0.1, 0.15) is 47.2 Å². The lowest BCUT2D eigenvalue weighted by molar-refractivity contribution is 0.660. The van der Waals surface area contributed by atoms with Crippen LogP contribution >= 0.6 is 0 Å². The Morgan fingerprint density at radius 1 is 0.239 bits per heavy atom. The molecule has 0 aliphatic heterocycles. The summed E-state index contributed by atoms with van der Waals surface area (Å²) >= 11 is 0. The fourth-order valence-electron chi connectivity index (χ4n) is 11.8. The number of hydrogen-bond acceptors (Lipinski definition) is 1. The summed E-state index contributed by atoms with van der Waals surface area (Å²) in [6, 6.07) is 101. The van der Waals surface area contributed by atoms with Crippen molar-refractivity contribution in [3.05, 3.63) is 306 Å². The number of nitrogens with zero attached hydrogens (tertiary/aromatic N) is 1. The lowest BCUT2D eigenvalue weighted by Gasteiger charge is -2.35. The summed E-state index contributed by atoms with van der Waals surface area (Å²) in [5.74, 6) is 0. The zero-order valence-electron chi connectivity index (χ0n) is 39.9. The quantitative estimate of drug-likeness (QED) is 0.139. The molecular weight excluding hydrogens is 855 g/mol. The fraction of sp³-hybridized carbons (Fsp3) is 0.0571. The molecule has 0 atom stereocenters. The molecule has 0 saturated heterocycles. The first-order valence-corrected chi connectivity index (χ1v) is 24.8. The van der Waals surface area contributed by atoms with Gasteiger partial charge in [-0.1, -0.05) is 244 Å². The van der Waals surface area contributed by atoms with E-state index in [0.29, 0.717) is 0 Å². The average molecular weight is 906 g/mol. The molecule has 0 heterocycles. The van der Waals surface area contributed by atoms with Gasteiger partial charge in [-0.25, -0.2) is 0 Å². The Kier molecular flexibility index (Phi) is 10.1. The van der Waals surface area contributed by atoms with Gasteiger partial charge in [0.2, 0.25) is 0 Å². The number of hydrogen-bond donors (Lipinski definition) is 0. The van der Waals surface area contributed by atoms with Gasteiger partial charge in [-0.3, -0.25) is 0 Å². The highest BCUT2D eigenvalue weighted by Gasteiger charge is 2.46. The maximum atomic E-state index is 2.48. The molecule has 1 heteroatoms. The molecule has 0 unspecified atom stereocenters. The lowest BCUT2D eigenvalue weighted by Crippen LogP contribution is -2.28. The summed E-state index contributed by atoms with van der Waals surface area (Å²) in [5, 5.41) is 0. The van der Waals surface area contributed by atoms with Gasteiger partial charge in [-0.15, -0.1) is 0 Å². The van der Waals surface area contributed by atoms with E-state index in [0.717, 1.165) is 17.1 Å². The number of rotatable bonds is 9. The van der Waals surface area contributed by atoms with E-state index in [4.69, 9.17) is 0 Å². The van der Waals surface area contributed by atoms with Crippen LogP contribution in [0.5, 0.6) is 0 Å². The molecule has 0 fully saturated rings. The van der Waals surface area contributed by atoms with Crippen LogP contribution in [0.3, 0.4) is 0 Å². The second-order valence-corrected chi connectivity index (χ2v) is 19.6. The van der Waals surface area contributed by atoms with Gasteiger partial charge < -0.3 is 4.90 Å². The van der Waals surface area contributed by atoms with Crippen molar-refractivity contribution in [3.8, 4) is 66.8 Å². The van der Waals surface area contributed by atoms with Gasteiger partial charge in [-0.05, 0) is 143 Å². The predicted octanol–water partition coefficient (Wildman–Crippen LogP) is 18.5. The molecule has 11 aromatic carbocycles. The van der Waals surface area contributed by atoms with Gasteiger partial charge in [0.25, 0.3) is 0 Å². The summed E-state index contributed by atoms with van der Waals surface area (Å²) in [4.78, 5) is 2.48. The zero-order valence-corrected chi connectivity index (χ0v) is 39.9. The maximum absolute atomic E-state index is 2.48.